The molecule has 0 unspecified atom stereocenters. The van der Waals surface area contributed by atoms with Gasteiger partial charge in [0.25, 0.3) is 5.91 Å². The summed E-state index contributed by atoms with van der Waals surface area (Å²) in [5, 5.41) is 7.04. The van der Waals surface area contributed by atoms with Gasteiger partial charge >= 0.3 is 0 Å². The second-order valence-electron chi connectivity index (χ2n) is 4.58. The molecule has 1 aromatic carbocycles. The molecule has 1 atom stereocenters. The Morgan fingerprint density at radius 2 is 2.16 bits per heavy atom. The summed E-state index contributed by atoms with van der Waals surface area (Å²) >= 11 is 0. The number of nitrogens with one attached hydrogen (secondary N) is 2. The van der Waals surface area contributed by atoms with Gasteiger partial charge in [-0.2, -0.15) is 5.10 Å². The molecular formula is C15H19N3O. The average molecular weight is 257 g/mol. The van der Waals surface area contributed by atoms with Gasteiger partial charge in [-0.05, 0) is 37.3 Å². The number of anilines is 1. The molecule has 1 aliphatic carbocycles. The first-order chi connectivity index (χ1) is 9.34. The fraction of sp³-hybridized carbons (Fsp3) is 0.333. The summed E-state index contributed by atoms with van der Waals surface area (Å²) < 4.78 is 0. The Hall–Kier alpha value is -2.10. The summed E-state index contributed by atoms with van der Waals surface area (Å²) in [6.45, 7) is 0.228. The highest BCUT2D eigenvalue weighted by molar-refractivity contribution is 5.81. The van der Waals surface area contributed by atoms with Crippen LogP contribution in [0.2, 0.25) is 0 Å². The molecule has 0 aliphatic heterocycles. The molecule has 0 saturated carbocycles. The maximum absolute atomic E-state index is 11.6. The molecule has 0 bridgehead atoms. The SMILES string of the molecule is O=C(CNc1ccccc1)N/N=C\[C@@H]1CC=CCC1. The van der Waals surface area contributed by atoms with E-state index in [-0.39, 0.29) is 12.5 Å². The lowest BCUT2D eigenvalue weighted by Gasteiger charge is -2.11. The molecule has 0 saturated heterocycles. The Kier molecular flexibility index (Phi) is 5.17. The van der Waals surface area contributed by atoms with Crippen LogP contribution in [-0.4, -0.2) is 18.7 Å². The largest absolute Gasteiger partial charge is 0.376 e. The van der Waals surface area contributed by atoms with Gasteiger partial charge < -0.3 is 5.32 Å². The molecule has 0 aromatic heterocycles. The predicted molar refractivity (Wildman–Crippen MR) is 78.0 cm³/mol. The van der Waals surface area contributed by atoms with E-state index in [9.17, 15) is 4.79 Å². The molecule has 1 aliphatic rings. The number of amides is 1. The van der Waals surface area contributed by atoms with Gasteiger partial charge in [0.1, 0.15) is 0 Å². The normalized spacial score (nSPS) is 18.4. The minimum absolute atomic E-state index is 0.133. The van der Waals surface area contributed by atoms with Crippen molar-refractivity contribution in [1.29, 1.82) is 0 Å². The topological polar surface area (TPSA) is 53.5 Å². The predicted octanol–water partition coefficient (Wildman–Crippen LogP) is 2.56. The van der Waals surface area contributed by atoms with Crippen LogP contribution in [0.15, 0.2) is 47.6 Å². The molecule has 2 rings (SSSR count). The molecule has 1 amide bonds. The van der Waals surface area contributed by atoms with Crippen molar-refractivity contribution in [3.8, 4) is 0 Å². The van der Waals surface area contributed by atoms with Crippen molar-refractivity contribution < 1.29 is 4.79 Å². The molecule has 0 heterocycles. The van der Waals surface area contributed by atoms with E-state index in [2.05, 4.69) is 28.0 Å². The third-order valence-electron chi connectivity index (χ3n) is 3.01. The van der Waals surface area contributed by atoms with E-state index in [0.29, 0.717) is 5.92 Å². The van der Waals surface area contributed by atoms with E-state index in [0.717, 1.165) is 24.9 Å². The van der Waals surface area contributed by atoms with E-state index in [1.807, 2.05) is 36.5 Å². The van der Waals surface area contributed by atoms with E-state index in [1.54, 1.807) is 0 Å². The molecule has 0 spiro atoms. The van der Waals surface area contributed by atoms with Crippen LogP contribution in [-0.2, 0) is 4.79 Å². The molecule has 100 valence electrons. The maximum Gasteiger partial charge on any atom is 0.259 e. The monoisotopic (exact) mass is 257 g/mol. The van der Waals surface area contributed by atoms with Crippen molar-refractivity contribution in [1.82, 2.24) is 5.43 Å². The Balaban J connectivity index is 1.67. The van der Waals surface area contributed by atoms with E-state index < -0.39 is 0 Å². The van der Waals surface area contributed by atoms with E-state index in [4.69, 9.17) is 0 Å². The van der Waals surface area contributed by atoms with Gasteiger partial charge in [-0.15, -0.1) is 0 Å². The van der Waals surface area contributed by atoms with Crippen LogP contribution in [0, 0.1) is 5.92 Å². The van der Waals surface area contributed by atoms with Crippen LogP contribution in [0.1, 0.15) is 19.3 Å². The molecule has 0 fully saturated rings. The summed E-state index contributed by atoms with van der Waals surface area (Å²) in [6.07, 6.45) is 9.41. The number of hydrazone groups is 1. The second kappa shape index (κ2) is 7.36. The van der Waals surface area contributed by atoms with Crippen molar-refractivity contribution in [3.63, 3.8) is 0 Å². The van der Waals surface area contributed by atoms with Crippen molar-refractivity contribution in [3.05, 3.63) is 42.5 Å². The number of nitrogens with zero attached hydrogens (tertiary/aromatic N) is 1. The van der Waals surface area contributed by atoms with Crippen LogP contribution >= 0.6 is 0 Å². The second-order valence-corrected chi connectivity index (χ2v) is 4.58. The lowest BCUT2D eigenvalue weighted by molar-refractivity contribution is -0.119. The van der Waals surface area contributed by atoms with E-state index >= 15 is 0 Å². The number of rotatable bonds is 5. The van der Waals surface area contributed by atoms with Gasteiger partial charge in [-0.25, -0.2) is 5.43 Å². The third-order valence-corrected chi connectivity index (χ3v) is 3.01. The summed E-state index contributed by atoms with van der Waals surface area (Å²) in [5.41, 5.74) is 3.47. The fourth-order valence-corrected chi connectivity index (χ4v) is 1.94. The molecule has 1 aromatic rings. The van der Waals surface area contributed by atoms with Gasteiger partial charge in [0, 0.05) is 11.9 Å². The zero-order valence-electron chi connectivity index (χ0n) is 10.9. The minimum Gasteiger partial charge on any atom is -0.376 e. The molecule has 0 radical (unpaired) electrons. The van der Waals surface area contributed by atoms with Crippen LogP contribution in [0.25, 0.3) is 0 Å². The number of hydrogen-bond acceptors (Lipinski definition) is 3. The van der Waals surface area contributed by atoms with Crippen LogP contribution in [0.4, 0.5) is 5.69 Å². The third kappa shape index (κ3) is 4.95. The lowest BCUT2D eigenvalue weighted by atomic mass is 9.96. The van der Waals surface area contributed by atoms with Crippen molar-refractivity contribution >= 4 is 17.8 Å². The number of hydrogen-bond donors (Lipinski definition) is 2. The smallest absolute Gasteiger partial charge is 0.259 e. The molecule has 19 heavy (non-hydrogen) atoms. The summed E-state index contributed by atoms with van der Waals surface area (Å²) in [7, 11) is 0. The molecule has 4 heteroatoms. The zero-order valence-corrected chi connectivity index (χ0v) is 10.9. The summed E-state index contributed by atoms with van der Waals surface area (Å²) in [4.78, 5) is 11.6. The first-order valence-corrected chi connectivity index (χ1v) is 6.60. The number of carbonyl (C=O) groups is 1. The highest BCUT2D eigenvalue weighted by atomic mass is 16.2. The summed E-state index contributed by atoms with van der Waals surface area (Å²) in [5.74, 6) is 0.318. The van der Waals surface area contributed by atoms with Crippen molar-refractivity contribution in [2.75, 3.05) is 11.9 Å². The van der Waals surface area contributed by atoms with Crippen LogP contribution in [0.3, 0.4) is 0 Å². The van der Waals surface area contributed by atoms with Gasteiger partial charge in [-0.1, -0.05) is 30.4 Å². The van der Waals surface area contributed by atoms with Gasteiger partial charge in [0.05, 0.1) is 6.54 Å². The lowest BCUT2D eigenvalue weighted by Crippen LogP contribution is -2.26. The summed E-state index contributed by atoms with van der Waals surface area (Å²) in [6, 6.07) is 9.63. The quantitative estimate of drug-likeness (QED) is 0.484. The Labute approximate surface area is 113 Å². The minimum atomic E-state index is -0.133. The van der Waals surface area contributed by atoms with Crippen molar-refractivity contribution in [2.24, 2.45) is 11.0 Å². The van der Waals surface area contributed by atoms with Crippen LogP contribution < -0.4 is 10.7 Å². The number of carbonyl (C=O) groups excluding carboxylic acids is 1. The Morgan fingerprint density at radius 1 is 1.32 bits per heavy atom. The first kappa shape index (κ1) is 13.3. The fourth-order valence-electron chi connectivity index (χ4n) is 1.94. The first-order valence-electron chi connectivity index (χ1n) is 6.60. The number of benzene rings is 1. The van der Waals surface area contributed by atoms with Gasteiger partial charge in [-0.3, -0.25) is 4.79 Å². The Morgan fingerprint density at radius 3 is 2.89 bits per heavy atom. The maximum atomic E-state index is 11.6. The highest BCUT2D eigenvalue weighted by Gasteiger charge is 2.06. The van der Waals surface area contributed by atoms with E-state index in [1.165, 1.54) is 0 Å². The van der Waals surface area contributed by atoms with Gasteiger partial charge in [0.2, 0.25) is 0 Å². The number of para-hydroxylation sites is 1. The molecule has 4 nitrogen and oxygen atoms in total. The average Bonchev–Trinajstić information content (AvgIpc) is 2.47. The van der Waals surface area contributed by atoms with Gasteiger partial charge in [0.15, 0.2) is 0 Å². The van der Waals surface area contributed by atoms with Crippen LogP contribution in [0.5, 0.6) is 0 Å². The number of allylic oxidation sites excluding steroid dienone is 2. The zero-order chi connectivity index (χ0) is 13.3. The highest BCUT2D eigenvalue weighted by Crippen LogP contribution is 2.15. The standard InChI is InChI=1S/C15H19N3O/c19-15(12-16-14-9-5-2-6-10-14)18-17-11-13-7-3-1-4-8-13/h1-3,5-6,9-11,13,16H,4,7-8,12H2,(H,18,19)/b17-11-/t13-/m1/s1. The molecule has 2 N–H and O–H groups in total. The Bertz CT molecular complexity index is 454. The van der Waals surface area contributed by atoms with Crippen molar-refractivity contribution in [2.45, 2.75) is 19.3 Å². The molecular weight excluding hydrogens is 238 g/mol.